The maximum absolute atomic E-state index is 13.0. The highest BCUT2D eigenvalue weighted by Crippen LogP contribution is 2.37. The number of benzene rings is 2. The number of fused-ring (bicyclic) bond motifs is 1. The van der Waals surface area contributed by atoms with Gasteiger partial charge in [0.15, 0.2) is 9.84 Å². The first-order chi connectivity index (χ1) is 16.4. The summed E-state index contributed by atoms with van der Waals surface area (Å²) in [5.74, 6) is -0.379. The summed E-state index contributed by atoms with van der Waals surface area (Å²) in [4.78, 5) is 27.6. The summed E-state index contributed by atoms with van der Waals surface area (Å²) >= 11 is 0. The van der Waals surface area contributed by atoms with E-state index in [2.05, 4.69) is 5.32 Å². The number of rotatable bonds is 7. The standard InChI is InChI=1S/C26H34N2O6S/c1-6-23-21-13-10-18(14-19(21)15-28(23)25(31)34-26(3,4)5)24(30)27-22(16-29)17-8-11-20(12-9-17)35(32,33)7-2/h8-14,22-23,29H,6-7,15-16H2,1-5H3,(H,27,30)/t22-,23+/m0/s1. The third kappa shape index (κ3) is 6.02. The van der Waals surface area contributed by atoms with Crippen molar-refractivity contribution < 1.29 is 27.9 Å². The fourth-order valence-corrected chi connectivity index (χ4v) is 5.06. The van der Waals surface area contributed by atoms with Gasteiger partial charge in [-0.25, -0.2) is 13.2 Å². The average molecular weight is 503 g/mol. The Balaban J connectivity index is 1.77. The Morgan fingerprint density at radius 1 is 1.14 bits per heavy atom. The van der Waals surface area contributed by atoms with E-state index in [1.807, 2.05) is 33.8 Å². The zero-order valence-electron chi connectivity index (χ0n) is 20.9. The van der Waals surface area contributed by atoms with E-state index in [9.17, 15) is 23.1 Å². The SMILES string of the molecule is CC[C@@H]1c2ccc(C(=O)N[C@@H](CO)c3ccc(S(=O)(=O)CC)cc3)cc2CN1C(=O)OC(C)(C)C. The molecule has 2 N–H and O–H groups in total. The largest absolute Gasteiger partial charge is 0.444 e. The Bertz CT molecular complexity index is 1190. The molecule has 3 rings (SSSR count). The zero-order valence-corrected chi connectivity index (χ0v) is 21.7. The number of hydrogen-bond acceptors (Lipinski definition) is 6. The van der Waals surface area contributed by atoms with Crippen molar-refractivity contribution in [3.63, 3.8) is 0 Å². The molecule has 0 radical (unpaired) electrons. The maximum atomic E-state index is 13.0. The van der Waals surface area contributed by atoms with Crippen LogP contribution < -0.4 is 5.32 Å². The van der Waals surface area contributed by atoms with E-state index in [0.717, 1.165) is 11.1 Å². The minimum atomic E-state index is -3.33. The van der Waals surface area contributed by atoms with Crippen molar-refractivity contribution >= 4 is 21.8 Å². The van der Waals surface area contributed by atoms with Gasteiger partial charge in [0.25, 0.3) is 5.91 Å². The molecule has 2 aromatic rings. The highest BCUT2D eigenvalue weighted by molar-refractivity contribution is 7.91. The van der Waals surface area contributed by atoms with Gasteiger partial charge in [0.05, 0.1) is 35.9 Å². The Hall–Kier alpha value is -2.91. The first-order valence-corrected chi connectivity index (χ1v) is 13.4. The van der Waals surface area contributed by atoms with E-state index in [1.165, 1.54) is 12.1 Å². The molecule has 0 saturated heterocycles. The van der Waals surface area contributed by atoms with Crippen LogP contribution in [0.25, 0.3) is 0 Å². The second kappa shape index (κ2) is 10.4. The molecule has 0 saturated carbocycles. The number of sulfone groups is 1. The molecule has 2 atom stereocenters. The molecular weight excluding hydrogens is 468 g/mol. The Morgan fingerprint density at radius 3 is 2.34 bits per heavy atom. The Kier molecular flexibility index (Phi) is 7.91. The summed E-state index contributed by atoms with van der Waals surface area (Å²) in [7, 11) is -3.33. The van der Waals surface area contributed by atoms with Gasteiger partial charge in [-0.05, 0) is 68.1 Å². The van der Waals surface area contributed by atoms with Gasteiger partial charge in [-0.3, -0.25) is 9.69 Å². The van der Waals surface area contributed by atoms with Crippen LogP contribution in [0.4, 0.5) is 4.79 Å². The number of nitrogens with one attached hydrogen (secondary N) is 1. The first-order valence-electron chi connectivity index (χ1n) is 11.8. The quantitative estimate of drug-likeness (QED) is 0.588. The number of ether oxygens (including phenoxy) is 1. The number of aliphatic hydroxyl groups excluding tert-OH is 1. The van der Waals surface area contributed by atoms with Crippen LogP contribution in [-0.2, 0) is 21.1 Å². The van der Waals surface area contributed by atoms with Crippen LogP contribution in [0.2, 0.25) is 0 Å². The van der Waals surface area contributed by atoms with Gasteiger partial charge in [-0.15, -0.1) is 0 Å². The second-order valence-electron chi connectivity index (χ2n) is 9.63. The van der Waals surface area contributed by atoms with Gasteiger partial charge in [-0.1, -0.05) is 32.0 Å². The van der Waals surface area contributed by atoms with E-state index in [-0.39, 0.29) is 35.3 Å². The summed E-state index contributed by atoms with van der Waals surface area (Å²) < 4.78 is 29.6. The molecule has 0 fully saturated rings. The van der Waals surface area contributed by atoms with E-state index < -0.39 is 21.5 Å². The molecule has 35 heavy (non-hydrogen) atoms. The predicted octanol–water partition coefficient (Wildman–Crippen LogP) is 4.15. The molecule has 0 aromatic heterocycles. The predicted molar refractivity (Wildman–Crippen MR) is 133 cm³/mol. The van der Waals surface area contributed by atoms with Crippen LogP contribution in [0.3, 0.4) is 0 Å². The molecule has 1 aliphatic heterocycles. The van der Waals surface area contributed by atoms with Gasteiger partial charge in [0.2, 0.25) is 0 Å². The number of amides is 2. The normalized spacial score (nSPS) is 16.5. The molecule has 8 nitrogen and oxygen atoms in total. The van der Waals surface area contributed by atoms with Crippen molar-refractivity contribution in [2.45, 2.75) is 70.2 Å². The summed E-state index contributed by atoms with van der Waals surface area (Å²) in [6.07, 6.45) is 0.328. The molecule has 190 valence electrons. The summed E-state index contributed by atoms with van der Waals surface area (Å²) in [5, 5.41) is 12.7. The van der Waals surface area contributed by atoms with Gasteiger partial charge in [-0.2, -0.15) is 0 Å². The third-order valence-corrected chi connectivity index (χ3v) is 7.76. The van der Waals surface area contributed by atoms with Crippen LogP contribution in [0.1, 0.15) is 80.2 Å². The van der Waals surface area contributed by atoms with E-state index in [0.29, 0.717) is 24.1 Å². The number of hydrogen-bond donors (Lipinski definition) is 2. The van der Waals surface area contributed by atoms with Crippen molar-refractivity contribution in [3.05, 3.63) is 64.7 Å². The molecular formula is C26H34N2O6S. The fourth-order valence-electron chi connectivity index (χ4n) is 4.17. The number of carbonyl (C=O) groups is 2. The first kappa shape index (κ1) is 26.7. The van der Waals surface area contributed by atoms with Gasteiger partial charge in [0.1, 0.15) is 5.60 Å². The molecule has 2 aromatic carbocycles. The monoisotopic (exact) mass is 502 g/mol. The highest BCUT2D eigenvalue weighted by atomic mass is 32.2. The molecule has 9 heteroatoms. The molecule has 1 heterocycles. The summed E-state index contributed by atoms with van der Waals surface area (Å²) in [5.41, 5.74) is 2.27. The molecule has 0 spiro atoms. The number of carbonyl (C=O) groups excluding carboxylic acids is 2. The van der Waals surface area contributed by atoms with Crippen LogP contribution >= 0.6 is 0 Å². The van der Waals surface area contributed by atoms with Gasteiger partial charge >= 0.3 is 6.09 Å². The maximum Gasteiger partial charge on any atom is 0.411 e. The lowest BCUT2D eigenvalue weighted by Gasteiger charge is -2.28. The van der Waals surface area contributed by atoms with Gasteiger partial charge < -0.3 is 15.2 Å². The van der Waals surface area contributed by atoms with Crippen LogP contribution in [0.15, 0.2) is 47.4 Å². The van der Waals surface area contributed by atoms with Crippen molar-refractivity contribution in [2.75, 3.05) is 12.4 Å². The smallest absolute Gasteiger partial charge is 0.411 e. The second-order valence-corrected chi connectivity index (χ2v) is 11.9. The molecule has 0 aliphatic carbocycles. The molecule has 1 aliphatic rings. The summed E-state index contributed by atoms with van der Waals surface area (Å²) in [6.45, 7) is 9.05. The van der Waals surface area contributed by atoms with Crippen molar-refractivity contribution in [2.24, 2.45) is 0 Å². The highest BCUT2D eigenvalue weighted by Gasteiger charge is 2.35. The number of nitrogens with zero attached hydrogens (tertiary/aromatic N) is 1. The summed E-state index contributed by atoms with van der Waals surface area (Å²) in [6, 6.07) is 10.7. The average Bonchev–Trinajstić information content (AvgIpc) is 3.19. The lowest BCUT2D eigenvalue weighted by molar-refractivity contribution is 0.0168. The molecule has 2 amide bonds. The van der Waals surface area contributed by atoms with Crippen LogP contribution in [-0.4, -0.2) is 48.4 Å². The lowest BCUT2D eigenvalue weighted by Crippen LogP contribution is -2.35. The zero-order chi connectivity index (χ0) is 26.0. The number of aliphatic hydroxyl groups is 1. The minimum absolute atomic E-state index is 0.00488. The fraction of sp³-hybridized carbons (Fsp3) is 0.462. The Morgan fingerprint density at radius 2 is 1.80 bits per heavy atom. The van der Waals surface area contributed by atoms with E-state index in [4.69, 9.17) is 4.74 Å². The molecule has 0 bridgehead atoms. The molecule has 0 unspecified atom stereocenters. The topological polar surface area (TPSA) is 113 Å². The van der Waals surface area contributed by atoms with Crippen molar-refractivity contribution in [1.29, 1.82) is 0 Å². The van der Waals surface area contributed by atoms with Crippen LogP contribution in [0, 0.1) is 0 Å². The van der Waals surface area contributed by atoms with Crippen molar-refractivity contribution in [3.8, 4) is 0 Å². The Labute approximate surface area is 207 Å². The van der Waals surface area contributed by atoms with E-state index >= 15 is 0 Å². The minimum Gasteiger partial charge on any atom is -0.444 e. The van der Waals surface area contributed by atoms with Crippen molar-refractivity contribution in [1.82, 2.24) is 10.2 Å². The lowest BCUT2D eigenvalue weighted by atomic mass is 10.00. The van der Waals surface area contributed by atoms with Crippen LogP contribution in [0.5, 0.6) is 0 Å². The van der Waals surface area contributed by atoms with E-state index in [1.54, 1.807) is 36.1 Å². The van der Waals surface area contributed by atoms with Gasteiger partial charge in [0, 0.05) is 5.56 Å². The third-order valence-electron chi connectivity index (χ3n) is 6.01.